The Morgan fingerprint density at radius 2 is 2.18 bits per heavy atom. The van der Waals surface area contributed by atoms with E-state index in [0.717, 1.165) is 31.5 Å². The number of carbonyl (C=O) groups excluding carboxylic acids is 1. The number of carbonyl (C=O) groups is 1. The Labute approximate surface area is 133 Å². The topological polar surface area (TPSA) is 69.6 Å². The highest BCUT2D eigenvalue weighted by Crippen LogP contribution is 1.96. The summed E-state index contributed by atoms with van der Waals surface area (Å²) in [7, 11) is 3.51. The Kier molecular flexibility index (Phi) is 8.64. The molecule has 1 rings (SSSR count). The standard InChI is InChI=1S/C16H27N5O/c1-4-5-10-19-16(17-2)20-13-15(22)21(3)12-9-14-8-6-7-11-18-14/h6-8,11H,4-5,9-10,12-13H2,1-3H3,(H2,17,19,20). The van der Waals surface area contributed by atoms with Crippen molar-refractivity contribution >= 4 is 11.9 Å². The van der Waals surface area contributed by atoms with Crippen molar-refractivity contribution in [2.24, 2.45) is 4.99 Å². The van der Waals surface area contributed by atoms with E-state index < -0.39 is 0 Å². The van der Waals surface area contributed by atoms with Gasteiger partial charge in [-0.3, -0.25) is 14.8 Å². The van der Waals surface area contributed by atoms with E-state index in [4.69, 9.17) is 0 Å². The SMILES string of the molecule is CCCCNC(=NC)NCC(=O)N(C)CCc1ccccn1. The van der Waals surface area contributed by atoms with Gasteiger partial charge in [-0.1, -0.05) is 19.4 Å². The fourth-order valence-corrected chi connectivity index (χ4v) is 1.85. The van der Waals surface area contributed by atoms with Gasteiger partial charge < -0.3 is 15.5 Å². The van der Waals surface area contributed by atoms with E-state index in [1.54, 1.807) is 25.2 Å². The lowest BCUT2D eigenvalue weighted by Crippen LogP contribution is -2.44. The minimum absolute atomic E-state index is 0.0365. The van der Waals surface area contributed by atoms with Gasteiger partial charge in [0.15, 0.2) is 5.96 Å². The number of nitrogens with one attached hydrogen (secondary N) is 2. The summed E-state index contributed by atoms with van der Waals surface area (Å²) in [4.78, 5) is 22.1. The number of aliphatic imine (C=N–C) groups is 1. The van der Waals surface area contributed by atoms with Gasteiger partial charge in [-0.25, -0.2) is 0 Å². The number of amides is 1. The lowest BCUT2D eigenvalue weighted by molar-refractivity contribution is -0.128. The van der Waals surface area contributed by atoms with Crippen molar-refractivity contribution in [3.63, 3.8) is 0 Å². The number of hydrogen-bond acceptors (Lipinski definition) is 3. The molecule has 0 aliphatic carbocycles. The molecule has 1 aromatic rings. The number of hydrogen-bond donors (Lipinski definition) is 2. The molecule has 1 aromatic heterocycles. The van der Waals surface area contributed by atoms with Crippen LogP contribution < -0.4 is 10.6 Å². The van der Waals surface area contributed by atoms with Crippen LogP contribution in [-0.2, 0) is 11.2 Å². The van der Waals surface area contributed by atoms with E-state index in [2.05, 4.69) is 27.5 Å². The molecule has 0 radical (unpaired) electrons. The number of likely N-dealkylation sites (N-methyl/N-ethyl adjacent to an activating group) is 1. The zero-order valence-corrected chi connectivity index (χ0v) is 13.8. The average molecular weight is 305 g/mol. The number of nitrogens with zero attached hydrogens (tertiary/aromatic N) is 3. The summed E-state index contributed by atoms with van der Waals surface area (Å²) in [5.41, 5.74) is 0.993. The van der Waals surface area contributed by atoms with Crippen molar-refractivity contribution in [3.8, 4) is 0 Å². The number of aromatic nitrogens is 1. The average Bonchev–Trinajstić information content (AvgIpc) is 2.56. The maximum absolute atomic E-state index is 12.1. The lowest BCUT2D eigenvalue weighted by atomic mass is 10.2. The van der Waals surface area contributed by atoms with E-state index >= 15 is 0 Å². The second-order valence-electron chi connectivity index (χ2n) is 5.09. The Hall–Kier alpha value is -2.11. The smallest absolute Gasteiger partial charge is 0.241 e. The fourth-order valence-electron chi connectivity index (χ4n) is 1.85. The van der Waals surface area contributed by atoms with Crippen molar-refractivity contribution in [1.82, 2.24) is 20.5 Å². The summed E-state index contributed by atoms with van der Waals surface area (Å²) in [6, 6.07) is 5.81. The van der Waals surface area contributed by atoms with Crippen LogP contribution in [0.25, 0.3) is 0 Å². The summed E-state index contributed by atoms with van der Waals surface area (Å²) >= 11 is 0. The van der Waals surface area contributed by atoms with Crippen molar-refractivity contribution < 1.29 is 4.79 Å². The number of rotatable bonds is 8. The van der Waals surface area contributed by atoms with Gasteiger partial charge in [0.1, 0.15) is 0 Å². The second-order valence-corrected chi connectivity index (χ2v) is 5.09. The molecule has 6 nitrogen and oxygen atoms in total. The van der Waals surface area contributed by atoms with Gasteiger partial charge in [0.2, 0.25) is 5.91 Å². The zero-order chi connectivity index (χ0) is 16.2. The molecule has 122 valence electrons. The van der Waals surface area contributed by atoms with Crippen molar-refractivity contribution in [1.29, 1.82) is 0 Å². The summed E-state index contributed by atoms with van der Waals surface area (Å²) in [6.07, 6.45) is 4.73. The van der Waals surface area contributed by atoms with Crippen LogP contribution in [0.4, 0.5) is 0 Å². The molecule has 6 heteroatoms. The summed E-state index contributed by atoms with van der Waals surface area (Å²) in [6.45, 7) is 3.89. The predicted octanol–water partition coefficient (Wildman–Crippen LogP) is 1.05. The molecule has 0 fully saturated rings. The molecule has 0 saturated carbocycles. The van der Waals surface area contributed by atoms with Gasteiger partial charge >= 0.3 is 0 Å². The molecule has 0 unspecified atom stereocenters. The summed E-state index contributed by atoms with van der Waals surface area (Å²) in [5, 5.41) is 6.22. The van der Waals surface area contributed by atoms with Gasteiger partial charge in [-0.2, -0.15) is 0 Å². The molecule has 1 amide bonds. The third-order valence-corrected chi connectivity index (χ3v) is 3.31. The van der Waals surface area contributed by atoms with Crippen LogP contribution in [0.15, 0.2) is 29.4 Å². The normalized spacial score (nSPS) is 11.1. The molecule has 1 heterocycles. The molecule has 0 aromatic carbocycles. The third kappa shape index (κ3) is 7.06. The summed E-state index contributed by atoms with van der Waals surface area (Å²) < 4.78 is 0. The first-order valence-electron chi connectivity index (χ1n) is 7.75. The van der Waals surface area contributed by atoms with E-state index in [0.29, 0.717) is 12.5 Å². The van der Waals surface area contributed by atoms with Crippen LogP contribution in [0.5, 0.6) is 0 Å². The molecule has 0 saturated heterocycles. The molecular weight excluding hydrogens is 278 g/mol. The first kappa shape index (κ1) is 17.9. The van der Waals surface area contributed by atoms with Crippen LogP contribution in [0.1, 0.15) is 25.5 Å². The fraction of sp³-hybridized carbons (Fsp3) is 0.562. The highest BCUT2D eigenvalue weighted by Gasteiger charge is 2.09. The minimum atomic E-state index is 0.0365. The summed E-state index contributed by atoms with van der Waals surface area (Å²) in [5.74, 6) is 0.703. The van der Waals surface area contributed by atoms with Crippen LogP contribution in [-0.4, -0.2) is 55.5 Å². The van der Waals surface area contributed by atoms with Crippen molar-refractivity contribution in [2.75, 3.05) is 33.7 Å². The highest BCUT2D eigenvalue weighted by atomic mass is 16.2. The highest BCUT2D eigenvalue weighted by molar-refractivity contribution is 5.86. The largest absolute Gasteiger partial charge is 0.356 e. The van der Waals surface area contributed by atoms with Crippen molar-refractivity contribution in [3.05, 3.63) is 30.1 Å². The van der Waals surface area contributed by atoms with Crippen LogP contribution >= 0.6 is 0 Å². The Morgan fingerprint density at radius 1 is 1.36 bits per heavy atom. The van der Waals surface area contributed by atoms with Crippen molar-refractivity contribution in [2.45, 2.75) is 26.2 Å². The molecule has 0 aliphatic rings. The molecule has 0 spiro atoms. The number of pyridine rings is 1. The van der Waals surface area contributed by atoms with E-state index in [1.165, 1.54) is 0 Å². The molecule has 0 atom stereocenters. The van der Waals surface area contributed by atoms with Crippen LogP contribution in [0.3, 0.4) is 0 Å². The Balaban J connectivity index is 2.28. The lowest BCUT2D eigenvalue weighted by Gasteiger charge is -2.18. The molecule has 2 N–H and O–H groups in total. The van der Waals surface area contributed by atoms with Gasteiger partial charge in [0.25, 0.3) is 0 Å². The van der Waals surface area contributed by atoms with Gasteiger partial charge in [-0.05, 0) is 18.6 Å². The molecule has 22 heavy (non-hydrogen) atoms. The third-order valence-electron chi connectivity index (χ3n) is 3.31. The maximum Gasteiger partial charge on any atom is 0.241 e. The first-order valence-corrected chi connectivity index (χ1v) is 7.75. The first-order chi connectivity index (χ1) is 10.7. The van der Waals surface area contributed by atoms with E-state index in [-0.39, 0.29) is 12.5 Å². The second kappa shape index (κ2) is 10.6. The minimum Gasteiger partial charge on any atom is -0.356 e. The Bertz CT molecular complexity index is 461. The van der Waals surface area contributed by atoms with Crippen LogP contribution in [0.2, 0.25) is 0 Å². The van der Waals surface area contributed by atoms with Crippen LogP contribution in [0, 0.1) is 0 Å². The van der Waals surface area contributed by atoms with E-state index in [1.807, 2.05) is 18.2 Å². The predicted molar refractivity (Wildman–Crippen MR) is 89.9 cm³/mol. The van der Waals surface area contributed by atoms with Gasteiger partial charge in [-0.15, -0.1) is 0 Å². The monoisotopic (exact) mass is 305 g/mol. The molecule has 0 bridgehead atoms. The number of unbranched alkanes of at least 4 members (excludes halogenated alkanes) is 1. The molecule has 0 aliphatic heterocycles. The zero-order valence-electron chi connectivity index (χ0n) is 13.8. The maximum atomic E-state index is 12.1. The Morgan fingerprint density at radius 3 is 2.82 bits per heavy atom. The number of guanidine groups is 1. The van der Waals surface area contributed by atoms with Gasteiger partial charge in [0, 0.05) is 45.5 Å². The van der Waals surface area contributed by atoms with E-state index in [9.17, 15) is 4.79 Å². The molecular formula is C16H27N5O. The quantitative estimate of drug-likeness (QED) is 0.428. The van der Waals surface area contributed by atoms with Gasteiger partial charge in [0.05, 0.1) is 6.54 Å².